The van der Waals surface area contributed by atoms with Crippen LogP contribution in [0.25, 0.3) is 0 Å². The summed E-state index contributed by atoms with van der Waals surface area (Å²) < 4.78 is 17.3. The first-order chi connectivity index (χ1) is 29.1. The van der Waals surface area contributed by atoms with Gasteiger partial charge in [-0.05, 0) is 70.6 Å². The predicted octanol–water partition coefficient (Wildman–Crippen LogP) is 14.2. The fraction of sp³-hybridized carbons (Fsp3) is 0.827. The molecule has 0 saturated heterocycles. The number of likely N-dealkylation sites (N-methyl/N-ethyl adjacent to an activating group) is 1. The van der Waals surface area contributed by atoms with Crippen molar-refractivity contribution >= 4 is 17.9 Å². The quantitative estimate of drug-likeness (QED) is 0.0282. The van der Waals surface area contributed by atoms with Crippen molar-refractivity contribution in [2.24, 2.45) is 0 Å². The van der Waals surface area contributed by atoms with Crippen LogP contribution in [0.15, 0.2) is 36.5 Å². The van der Waals surface area contributed by atoms with Crippen LogP contribution in [0.5, 0.6) is 0 Å². The molecule has 0 aromatic carbocycles. The lowest BCUT2D eigenvalue weighted by molar-refractivity contribution is -0.887. The molecule has 350 valence electrons. The molecule has 8 nitrogen and oxygen atoms in total. The molecule has 0 radical (unpaired) electrons. The van der Waals surface area contributed by atoms with Crippen LogP contribution in [0.1, 0.15) is 226 Å². The first kappa shape index (κ1) is 57.5. The minimum absolute atomic E-state index is 0.0543. The number of unbranched alkanes of at least 4 members (excludes halogenated alkanes) is 25. The van der Waals surface area contributed by atoms with E-state index in [0.717, 1.165) is 57.8 Å². The third kappa shape index (κ3) is 40.9. The molecule has 0 fully saturated rings. The summed E-state index contributed by atoms with van der Waals surface area (Å²) in [7, 11) is 5.53. The van der Waals surface area contributed by atoms with Gasteiger partial charge in [0.25, 0.3) is 0 Å². The molecule has 1 N–H and O–H groups in total. The lowest BCUT2D eigenvalue weighted by atomic mass is 10.0. The first-order valence-corrected chi connectivity index (χ1v) is 25.0. The molecule has 0 heterocycles. The lowest BCUT2D eigenvalue weighted by Crippen LogP contribution is -2.50. The monoisotopic (exact) mass is 847 g/mol. The second kappa shape index (κ2) is 43.2. The van der Waals surface area contributed by atoms with Gasteiger partial charge >= 0.3 is 17.9 Å². The zero-order valence-corrected chi connectivity index (χ0v) is 39.9. The molecule has 0 saturated carbocycles. The van der Waals surface area contributed by atoms with Crippen LogP contribution in [0.4, 0.5) is 0 Å². The van der Waals surface area contributed by atoms with Crippen LogP contribution in [0, 0.1) is 0 Å². The minimum Gasteiger partial charge on any atom is -0.477 e. The highest BCUT2D eigenvalue weighted by atomic mass is 16.6. The van der Waals surface area contributed by atoms with E-state index in [1.54, 1.807) is 0 Å². The summed E-state index contributed by atoms with van der Waals surface area (Å²) in [6, 6.07) is -0.615. The van der Waals surface area contributed by atoms with Crippen molar-refractivity contribution in [2.75, 3.05) is 41.0 Å². The summed E-state index contributed by atoms with van der Waals surface area (Å²) in [6.45, 7) is 4.72. The van der Waals surface area contributed by atoms with Gasteiger partial charge in [0, 0.05) is 19.3 Å². The van der Waals surface area contributed by atoms with Gasteiger partial charge in [0.1, 0.15) is 6.61 Å². The van der Waals surface area contributed by atoms with Gasteiger partial charge in [0.15, 0.2) is 12.1 Å². The predicted molar refractivity (Wildman–Crippen MR) is 252 cm³/mol. The minimum atomic E-state index is -0.875. The summed E-state index contributed by atoms with van der Waals surface area (Å²) >= 11 is 0. The molecule has 0 aromatic rings. The zero-order chi connectivity index (χ0) is 44.2. The Balaban J connectivity index is 4.22. The molecule has 0 rings (SSSR count). The average Bonchev–Trinajstić information content (AvgIpc) is 3.21. The molecule has 0 spiro atoms. The van der Waals surface area contributed by atoms with E-state index in [-0.39, 0.29) is 36.2 Å². The van der Waals surface area contributed by atoms with Gasteiger partial charge in [0.2, 0.25) is 0 Å². The van der Waals surface area contributed by atoms with Gasteiger partial charge in [-0.3, -0.25) is 9.59 Å². The number of rotatable bonds is 45. The molecular formula is C52H96NO7+. The van der Waals surface area contributed by atoms with Crippen molar-refractivity contribution in [1.82, 2.24) is 0 Å². The van der Waals surface area contributed by atoms with E-state index in [0.29, 0.717) is 19.3 Å². The second-order valence-corrected chi connectivity index (χ2v) is 18.1. The number of hydrogen-bond donors (Lipinski definition) is 1. The third-order valence-corrected chi connectivity index (χ3v) is 11.3. The van der Waals surface area contributed by atoms with Crippen molar-refractivity contribution in [3.63, 3.8) is 0 Å². The van der Waals surface area contributed by atoms with Crippen molar-refractivity contribution in [3.05, 3.63) is 36.5 Å². The van der Waals surface area contributed by atoms with Gasteiger partial charge in [-0.15, -0.1) is 0 Å². The molecule has 60 heavy (non-hydrogen) atoms. The SMILES string of the molecule is CCCCCC/C=C\CCCCCCCC(=O)OCC(COCCC(C(=O)O)[N+](C)(C)C)OC(=O)CCCCCCCCCCCCC/C=C\C/C=C\CCCCCCC. The third-order valence-electron chi connectivity index (χ3n) is 11.3. The topological polar surface area (TPSA) is 99.1 Å². The van der Waals surface area contributed by atoms with Crippen molar-refractivity contribution in [1.29, 1.82) is 0 Å². The highest BCUT2D eigenvalue weighted by Gasteiger charge is 2.31. The van der Waals surface area contributed by atoms with E-state index >= 15 is 0 Å². The Morgan fingerprint density at radius 2 is 0.883 bits per heavy atom. The van der Waals surface area contributed by atoms with Gasteiger partial charge in [-0.1, -0.05) is 172 Å². The Morgan fingerprint density at radius 1 is 0.500 bits per heavy atom. The Labute approximate surface area is 370 Å². The molecule has 0 aliphatic heterocycles. The second-order valence-electron chi connectivity index (χ2n) is 18.1. The van der Waals surface area contributed by atoms with E-state index in [1.165, 1.54) is 135 Å². The van der Waals surface area contributed by atoms with Gasteiger partial charge in [-0.25, -0.2) is 4.79 Å². The summed E-state index contributed by atoms with van der Waals surface area (Å²) in [5.41, 5.74) is 0. The number of carboxylic acid groups (broad SMARTS) is 1. The Hall–Kier alpha value is -2.45. The van der Waals surface area contributed by atoms with Crippen LogP contribution in [-0.4, -0.2) is 80.6 Å². The summed E-state index contributed by atoms with van der Waals surface area (Å²) in [5, 5.41) is 9.64. The van der Waals surface area contributed by atoms with E-state index in [9.17, 15) is 19.5 Å². The molecule has 0 aromatic heterocycles. The standard InChI is InChI=1S/C52H95NO7/c1-6-8-10-12-14-16-18-20-21-22-23-24-25-26-27-28-29-31-33-35-37-39-41-43-51(55)60-48(46-58-45-44-49(52(56)57)53(3,4)5)47-59-50(54)42-40-38-36-34-32-30-19-17-15-13-11-9-7-2/h17-20,22-23,48-49H,6-16,21,24-47H2,1-5H3/p+1/b19-17-,20-18-,23-22-. The average molecular weight is 847 g/mol. The molecular weight excluding hydrogens is 751 g/mol. The number of quaternary nitrogens is 1. The van der Waals surface area contributed by atoms with Gasteiger partial charge in [0.05, 0.1) is 34.4 Å². The highest BCUT2D eigenvalue weighted by Crippen LogP contribution is 2.15. The summed E-state index contributed by atoms with van der Waals surface area (Å²) in [5.74, 6) is -1.47. The van der Waals surface area contributed by atoms with Gasteiger partial charge in [-0.2, -0.15) is 0 Å². The lowest BCUT2D eigenvalue weighted by Gasteiger charge is -2.31. The number of nitrogens with zero attached hydrogens (tertiary/aromatic N) is 1. The van der Waals surface area contributed by atoms with Crippen molar-refractivity contribution in [3.8, 4) is 0 Å². The normalized spacial score (nSPS) is 13.2. The number of carbonyl (C=O) groups is 3. The van der Waals surface area contributed by atoms with Crippen LogP contribution in [-0.2, 0) is 28.6 Å². The van der Waals surface area contributed by atoms with E-state index in [2.05, 4.69) is 50.3 Å². The summed E-state index contributed by atoms with van der Waals surface area (Å²) in [4.78, 5) is 37.1. The maximum atomic E-state index is 12.8. The zero-order valence-electron chi connectivity index (χ0n) is 39.9. The van der Waals surface area contributed by atoms with E-state index in [1.807, 2.05) is 21.1 Å². The van der Waals surface area contributed by atoms with E-state index in [4.69, 9.17) is 14.2 Å². The molecule has 8 heteroatoms. The smallest absolute Gasteiger partial charge is 0.362 e. The number of carboxylic acids is 1. The van der Waals surface area contributed by atoms with Gasteiger partial charge < -0.3 is 23.8 Å². The van der Waals surface area contributed by atoms with E-state index < -0.39 is 18.1 Å². The molecule has 0 amide bonds. The number of hydrogen-bond acceptors (Lipinski definition) is 6. The van der Waals surface area contributed by atoms with Crippen molar-refractivity contribution < 1.29 is 38.2 Å². The maximum absolute atomic E-state index is 12.8. The van der Waals surface area contributed by atoms with Crippen molar-refractivity contribution in [2.45, 2.75) is 238 Å². The first-order valence-electron chi connectivity index (χ1n) is 25.0. The Bertz CT molecular complexity index is 1080. The highest BCUT2D eigenvalue weighted by molar-refractivity contribution is 5.72. The number of ether oxygens (including phenoxy) is 3. The molecule has 2 atom stereocenters. The summed E-state index contributed by atoms with van der Waals surface area (Å²) in [6.07, 6.45) is 50.5. The Morgan fingerprint density at radius 3 is 1.32 bits per heavy atom. The van der Waals surface area contributed by atoms with Crippen LogP contribution < -0.4 is 0 Å². The fourth-order valence-corrected chi connectivity index (χ4v) is 7.35. The number of aliphatic carboxylic acids is 1. The number of carbonyl (C=O) groups excluding carboxylic acids is 2. The molecule has 0 aliphatic carbocycles. The van der Waals surface area contributed by atoms with Crippen LogP contribution in [0.2, 0.25) is 0 Å². The van der Waals surface area contributed by atoms with Crippen LogP contribution >= 0.6 is 0 Å². The van der Waals surface area contributed by atoms with Crippen LogP contribution in [0.3, 0.4) is 0 Å². The number of esters is 2. The fourth-order valence-electron chi connectivity index (χ4n) is 7.35. The maximum Gasteiger partial charge on any atom is 0.362 e. The number of allylic oxidation sites excluding steroid dienone is 6. The largest absolute Gasteiger partial charge is 0.477 e. The molecule has 0 aliphatic rings. The molecule has 2 unspecified atom stereocenters. The Kier molecular flexibility index (Phi) is 41.4. The molecule has 0 bridgehead atoms.